The van der Waals surface area contributed by atoms with Crippen LogP contribution in [0.4, 0.5) is 0 Å². The zero-order valence-corrected chi connectivity index (χ0v) is 13.5. The Balaban J connectivity index is 1.56. The lowest BCUT2D eigenvalue weighted by atomic mass is 9.81. The van der Waals surface area contributed by atoms with Gasteiger partial charge in [0.25, 0.3) is 0 Å². The highest BCUT2D eigenvalue weighted by molar-refractivity contribution is 4.96. The van der Waals surface area contributed by atoms with E-state index in [1.165, 1.54) is 45.1 Å². The van der Waals surface area contributed by atoms with Crippen LogP contribution in [0.25, 0.3) is 0 Å². The Labute approximate surface area is 128 Å². The summed E-state index contributed by atoms with van der Waals surface area (Å²) in [6.07, 6.45) is 10.8. The first-order chi connectivity index (χ1) is 10.3. The molecule has 1 N–H and O–H groups in total. The molecule has 0 radical (unpaired) electrons. The van der Waals surface area contributed by atoms with Crippen LogP contribution in [-0.4, -0.2) is 50.9 Å². The molecule has 5 heteroatoms. The minimum atomic E-state index is 0.740. The third-order valence-corrected chi connectivity index (χ3v) is 5.05. The van der Waals surface area contributed by atoms with E-state index >= 15 is 0 Å². The second-order valence-electron chi connectivity index (χ2n) is 6.68. The van der Waals surface area contributed by atoms with Crippen LogP contribution in [0.3, 0.4) is 0 Å². The molecular formula is C16H29N5. The number of aromatic nitrogens is 3. The third-order valence-electron chi connectivity index (χ3n) is 5.05. The van der Waals surface area contributed by atoms with Gasteiger partial charge in [0.05, 0.1) is 0 Å². The molecule has 0 aliphatic carbocycles. The molecule has 2 unspecified atom stereocenters. The summed E-state index contributed by atoms with van der Waals surface area (Å²) in [4.78, 5) is 7.12. The normalized spacial score (nSPS) is 29.7. The van der Waals surface area contributed by atoms with Crippen molar-refractivity contribution in [3.63, 3.8) is 0 Å². The number of rotatable bonds is 6. The molecule has 0 spiro atoms. The molecule has 118 valence electrons. The van der Waals surface area contributed by atoms with Crippen LogP contribution < -0.4 is 5.32 Å². The van der Waals surface area contributed by atoms with Gasteiger partial charge in [-0.15, -0.1) is 0 Å². The third kappa shape index (κ3) is 3.64. The lowest BCUT2D eigenvalue weighted by Gasteiger charge is -2.49. The van der Waals surface area contributed by atoms with E-state index in [1.54, 1.807) is 11.0 Å². The summed E-state index contributed by atoms with van der Waals surface area (Å²) in [5.74, 6) is 0.988. The van der Waals surface area contributed by atoms with Gasteiger partial charge in [-0.1, -0.05) is 13.3 Å². The summed E-state index contributed by atoms with van der Waals surface area (Å²) in [6, 6.07) is 2.29. The fraction of sp³-hybridized carbons (Fsp3) is 0.875. The number of nitrogens with zero attached hydrogens (tertiary/aromatic N) is 4. The van der Waals surface area contributed by atoms with Crippen LogP contribution in [0.15, 0.2) is 6.33 Å². The molecule has 2 saturated heterocycles. The van der Waals surface area contributed by atoms with Gasteiger partial charge >= 0.3 is 0 Å². The summed E-state index contributed by atoms with van der Waals surface area (Å²) in [6.45, 7) is 4.55. The first-order valence-electron chi connectivity index (χ1n) is 8.60. The average molecular weight is 291 g/mol. The van der Waals surface area contributed by atoms with E-state index in [2.05, 4.69) is 27.2 Å². The zero-order valence-electron chi connectivity index (χ0n) is 13.5. The maximum Gasteiger partial charge on any atom is 0.151 e. The number of piperidine rings is 2. The molecule has 0 saturated carbocycles. The second kappa shape index (κ2) is 6.88. The molecule has 3 rings (SSSR count). The summed E-state index contributed by atoms with van der Waals surface area (Å²) in [5, 5.41) is 8.15. The molecule has 2 aliphatic rings. The van der Waals surface area contributed by atoms with Crippen molar-refractivity contribution in [2.45, 2.75) is 70.0 Å². The Kier molecular flexibility index (Phi) is 4.91. The lowest BCUT2D eigenvalue weighted by Crippen LogP contribution is -2.56. The first-order valence-corrected chi connectivity index (χ1v) is 8.60. The van der Waals surface area contributed by atoms with Gasteiger partial charge in [-0.3, -0.25) is 9.58 Å². The summed E-state index contributed by atoms with van der Waals surface area (Å²) < 4.78 is 1.80. The molecule has 0 amide bonds. The van der Waals surface area contributed by atoms with Gasteiger partial charge in [-0.25, -0.2) is 4.98 Å². The van der Waals surface area contributed by atoms with Gasteiger partial charge < -0.3 is 5.32 Å². The maximum atomic E-state index is 4.41. The van der Waals surface area contributed by atoms with E-state index < -0.39 is 0 Å². The highest BCUT2D eigenvalue weighted by Crippen LogP contribution is 2.34. The van der Waals surface area contributed by atoms with E-state index in [0.717, 1.165) is 36.9 Å². The average Bonchev–Trinajstić information content (AvgIpc) is 2.88. The van der Waals surface area contributed by atoms with Crippen LogP contribution in [0.2, 0.25) is 0 Å². The Bertz CT molecular complexity index is 430. The van der Waals surface area contributed by atoms with E-state index in [1.807, 2.05) is 7.05 Å². The Morgan fingerprint density at radius 2 is 2.05 bits per heavy atom. The zero-order chi connectivity index (χ0) is 14.7. The van der Waals surface area contributed by atoms with Crippen molar-refractivity contribution in [2.75, 3.05) is 13.1 Å². The Morgan fingerprint density at radius 1 is 1.29 bits per heavy atom. The number of nitrogens with one attached hydrogen (secondary N) is 1. The number of hydrogen-bond acceptors (Lipinski definition) is 4. The van der Waals surface area contributed by atoms with Crippen molar-refractivity contribution in [1.29, 1.82) is 0 Å². The van der Waals surface area contributed by atoms with E-state index in [0.29, 0.717) is 0 Å². The predicted molar refractivity (Wildman–Crippen MR) is 84.2 cm³/mol. The van der Waals surface area contributed by atoms with Gasteiger partial charge in [0.1, 0.15) is 6.33 Å². The van der Waals surface area contributed by atoms with Crippen molar-refractivity contribution in [3.8, 4) is 0 Å². The second-order valence-corrected chi connectivity index (χ2v) is 6.68. The number of hydrogen-bond donors (Lipinski definition) is 1. The quantitative estimate of drug-likeness (QED) is 0.867. The topological polar surface area (TPSA) is 46.0 Å². The molecule has 3 heterocycles. The minimum Gasteiger partial charge on any atom is -0.314 e. The minimum absolute atomic E-state index is 0.740. The molecule has 1 aromatic heterocycles. The van der Waals surface area contributed by atoms with Crippen LogP contribution >= 0.6 is 0 Å². The predicted octanol–water partition coefficient (Wildman–Crippen LogP) is 1.74. The van der Waals surface area contributed by atoms with Crippen LogP contribution in [0.1, 0.15) is 51.3 Å². The monoisotopic (exact) mass is 291 g/mol. The lowest BCUT2D eigenvalue weighted by molar-refractivity contribution is 0.0253. The number of fused-ring (bicyclic) bond motifs is 2. The van der Waals surface area contributed by atoms with Crippen molar-refractivity contribution in [2.24, 2.45) is 7.05 Å². The van der Waals surface area contributed by atoms with E-state index in [4.69, 9.17) is 0 Å². The standard InChI is InChI=1S/C16H29N5/c1-3-8-17-13-10-14-5-4-6-15(11-13)21(14)9-7-16-18-12-20(2)19-16/h12-15,17H,3-11H2,1-2H3. The van der Waals surface area contributed by atoms with Crippen molar-refractivity contribution in [3.05, 3.63) is 12.2 Å². The first kappa shape index (κ1) is 15.0. The molecular weight excluding hydrogens is 262 g/mol. The van der Waals surface area contributed by atoms with Crippen LogP contribution in [0, 0.1) is 0 Å². The largest absolute Gasteiger partial charge is 0.314 e. The molecule has 2 bridgehead atoms. The van der Waals surface area contributed by atoms with Gasteiger partial charge in [0, 0.05) is 38.1 Å². The highest BCUT2D eigenvalue weighted by Gasteiger charge is 2.37. The maximum absolute atomic E-state index is 4.41. The van der Waals surface area contributed by atoms with Gasteiger partial charge in [-0.2, -0.15) is 5.10 Å². The highest BCUT2D eigenvalue weighted by atomic mass is 15.3. The fourth-order valence-corrected chi connectivity index (χ4v) is 4.09. The summed E-state index contributed by atoms with van der Waals surface area (Å²) in [5.41, 5.74) is 0. The van der Waals surface area contributed by atoms with Crippen molar-refractivity contribution >= 4 is 0 Å². The fourth-order valence-electron chi connectivity index (χ4n) is 4.09. The Hall–Kier alpha value is -0.940. The summed E-state index contributed by atoms with van der Waals surface area (Å²) >= 11 is 0. The summed E-state index contributed by atoms with van der Waals surface area (Å²) in [7, 11) is 1.94. The molecule has 1 aromatic rings. The molecule has 0 aromatic carbocycles. The molecule has 2 fully saturated rings. The Morgan fingerprint density at radius 3 is 2.67 bits per heavy atom. The molecule has 2 atom stereocenters. The van der Waals surface area contributed by atoms with Crippen molar-refractivity contribution in [1.82, 2.24) is 25.0 Å². The van der Waals surface area contributed by atoms with Gasteiger partial charge in [0.15, 0.2) is 5.82 Å². The van der Waals surface area contributed by atoms with Gasteiger partial charge in [0.2, 0.25) is 0 Å². The van der Waals surface area contributed by atoms with Gasteiger partial charge in [-0.05, 0) is 38.6 Å². The van der Waals surface area contributed by atoms with Crippen LogP contribution in [0.5, 0.6) is 0 Å². The number of aryl methyl sites for hydroxylation is 1. The van der Waals surface area contributed by atoms with Crippen LogP contribution in [-0.2, 0) is 13.5 Å². The molecule has 21 heavy (non-hydrogen) atoms. The van der Waals surface area contributed by atoms with E-state index in [9.17, 15) is 0 Å². The van der Waals surface area contributed by atoms with E-state index in [-0.39, 0.29) is 0 Å². The SMILES string of the molecule is CCCNC1CC2CCCC(C1)N2CCc1ncn(C)n1. The smallest absolute Gasteiger partial charge is 0.151 e. The van der Waals surface area contributed by atoms with Crippen molar-refractivity contribution < 1.29 is 0 Å². The molecule has 5 nitrogen and oxygen atoms in total. The molecule has 2 aliphatic heterocycles.